The van der Waals surface area contributed by atoms with E-state index in [9.17, 15) is 4.79 Å². The summed E-state index contributed by atoms with van der Waals surface area (Å²) in [5.41, 5.74) is 6.65. The van der Waals surface area contributed by atoms with Crippen molar-refractivity contribution in [2.45, 2.75) is 19.4 Å². The molecule has 19 heavy (non-hydrogen) atoms. The molecule has 0 spiro atoms. The zero-order valence-electron chi connectivity index (χ0n) is 11.0. The van der Waals surface area contributed by atoms with Crippen molar-refractivity contribution in [3.8, 4) is 6.07 Å². The number of nitrogens with one attached hydrogen (secondary N) is 1. The van der Waals surface area contributed by atoms with E-state index in [1.54, 1.807) is 25.2 Å². The zero-order chi connectivity index (χ0) is 14.4. The van der Waals surface area contributed by atoms with Crippen molar-refractivity contribution in [3.05, 3.63) is 23.2 Å². The Bertz CT molecular complexity index is 498. The van der Waals surface area contributed by atoms with Crippen LogP contribution < -0.4 is 11.1 Å². The van der Waals surface area contributed by atoms with Crippen LogP contribution in [0.4, 0.5) is 11.4 Å². The number of halogens is 1. The number of likely N-dealkylation sites (N-methyl/N-ethyl adjacent to an activating group) is 1. The Morgan fingerprint density at radius 2 is 2.32 bits per heavy atom. The number of nitriles is 1. The van der Waals surface area contributed by atoms with E-state index < -0.39 is 0 Å². The first kappa shape index (κ1) is 15.3. The maximum Gasteiger partial charge on any atom is 0.238 e. The molecule has 1 rings (SSSR count). The normalized spacial score (nSPS) is 11.9. The molecule has 102 valence electrons. The SMILES string of the molecule is CC(CC#N)N(C)CC(=O)Nc1ccc(N)cc1Cl. The van der Waals surface area contributed by atoms with Gasteiger partial charge in [0.2, 0.25) is 5.91 Å². The van der Waals surface area contributed by atoms with Gasteiger partial charge in [0.05, 0.1) is 29.7 Å². The lowest BCUT2D eigenvalue weighted by Gasteiger charge is -2.21. The largest absolute Gasteiger partial charge is 0.399 e. The molecule has 6 heteroatoms. The van der Waals surface area contributed by atoms with Crippen LogP contribution in [0.3, 0.4) is 0 Å². The minimum absolute atomic E-state index is 0.0256. The fraction of sp³-hybridized carbons (Fsp3) is 0.385. The number of hydrogen-bond acceptors (Lipinski definition) is 4. The molecule has 0 fully saturated rings. The molecule has 5 nitrogen and oxygen atoms in total. The van der Waals surface area contributed by atoms with Crippen molar-refractivity contribution in [2.24, 2.45) is 0 Å². The van der Waals surface area contributed by atoms with Crippen LogP contribution in [0.2, 0.25) is 5.02 Å². The lowest BCUT2D eigenvalue weighted by molar-refractivity contribution is -0.117. The van der Waals surface area contributed by atoms with Crippen LogP contribution in [-0.2, 0) is 4.79 Å². The van der Waals surface area contributed by atoms with Gasteiger partial charge in [0.15, 0.2) is 0 Å². The Morgan fingerprint density at radius 3 is 2.89 bits per heavy atom. The van der Waals surface area contributed by atoms with Crippen LogP contribution in [0.5, 0.6) is 0 Å². The molecule has 1 aromatic rings. The van der Waals surface area contributed by atoms with E-state index in [-0.39, 0.29) is 18.5 Å². The molecule has 0 aliphatic carbocycles. The van der Waals surface area contributed by atoms with Crippen LogP contribution >= 0.6 is 11.6 Å². The lowest BCUT2D eigenvalue weighted by atomic mass is 10.2. The smallest absolute Gasteiger partial charge is 0.238 e. The maximum atomic E-state index is 11.8. The summed E-state index contributed by atoms with van der Waals surface area (Å²) in [4.78, 5) is 13.7. The standard InChI is InChI=1S/C13H17ClN4O/c1-9(5-6-15)18(2)8-13(19)17-12-4-3-10(16)7-11(12)14/h3-4,7,9H,5,8,16H2,1-2H3,(H,17,19). The minimum atomic E-state index is -0.182. The number of rotatable bonds is 5. The molecule has 1 atom stereocenters. The van der Waals surface area contributed by atoms with Crippen LogP contribution in [0.15, 0.2) is 18.2 Å². The lowest BCUT2D eigenvalue weighted by Crippen LogP contribution is -2.36. The molecule has 1 amide bonds. The zero-order valence-corrected chi connectivity index (χ0v) is 11.7. The van der Waals surface area contributed by atoms with Crippen molar-refractivity contribution in [1.29, 1.82) is 5.26 Å². The molecule has 0 aromatic heterocycles. The van der Waals surface area contributed by atoms with Crippen molar-refractivity contribution in [2.75, 3.05) is 24.6 Å². The quantitative estimate of drug-likeness (QED) is 0.809. The van der Waals surface area contributed by atoms with E-state index in [4.69, 9.17) is 22.6 Å². The van der Waals surface area contributed by atoms with Crippen molar-refractivity contribution in [1.82, 2.24) is 4.90 Å². The van der Waals surface area contributed by atoms with Crippen molar-refractivity contribution >= 4 is 28.9 Å². The fourth-order valence-electron chi connectivity index (χ4n) is 1.49. The van der Waals surface area contributed by atoms with Gasteiger partial charge in [-0.1, -0.05) is 11.6 Å². The van der Waals surface area contributed by atoms with Crippen LogP contribution in [0, 0.1) is 11.3 Å². The Balaban J connectivity index is 2.58. The molecule has 0 radical (unpaired) electrons. The summed E-state index contributed by atoms with van der Waals surface area (Å²) in [5.74, 6) is -0.182. The molecule has 0 heterocycles. The molecular formula is C13H17ClN4O. The van der Waals surface area contributed by atoms with Gasteiger partial charge in [-0.2, -0.15) is 5.26 Å². The summed E-state index contributed by atoms with van der Waals surface area (Å²) in [6.07, 6.45) is 0.381. The highest BCUT2D eigenvalue weighted by Crippen LogP contribution is 2.23. The van der Waals surface area contributed by atoms with Gasteiger partial charge in [0.25, 0.3) is 0 Å². The first-order valence-corrected chi connectivity index (χ1v) is 6.24. The van der Waals surface area contributed by atoms with Gasteiger partial charge in [0, 0.05) is 11.7 Å². The van der Waals surface area contributed by atoms with Crippen molar-refractivity contribution in [3.63, 3.8) is 0 Å². The summed E-state index contributed by atoms with van der Waals surface area (Å²) >= 11 is 5.97. The summed E-state index contributed by atoms with van der Waals surface area (Å²) in [6.45, 7) is 2.09. The number of amides is 1. The third-order valence-corrected chi connectivity index (χ3v) is 3.11. The predicted octanol–water partition coefficient (Wildman–Crippen LogP) is 2.09. The summed E-state index contributed by atoms with van der Waals surface area (Å²) in [6, 6.07) is 7.02. The molecule has 1 aromatic carbocycles. The van der Waals surface area contributed by atoms with Crippen LogP contribution in [0.1, 0.15) is 13.3 Å². The second-order valence-corrected chi connectivity index (χ2v) is 4.82. The number of carbonyl (C=O) groups excluding carboxylic acids is 1. The third kappa shape index (κ3) is 4.78. The number of nitrogens with two attached hydrogens (primary N) is 1. The molecule has 3 N–H and O–H groups in total. The molecule has 0 saturated carbocycles. The van der Waals surface area contributed by atoms with Crippen LogP contribution in [-0.4, -0.2) is 30.4 Å². The van der Waals surface area contributed by atoms with Gasteiger partial charge in [-0.3, -0.25) is 9.69 Å². The molecule has 0 saturated heterocycles. The van der Waals surface area contributed by atoms with Gasteiger partial charge in [-0.25, -0.2) is 0 Å². The summed E-state index contributed by atoms with van der Waals surface area (Å²) in [7, 11) is 1.80. The van der Waals surface area contributed by atoms with Gasteiger partial charge < -0.3 is 11.1 Å². The number of nitrogen functional groups attached to an aromatic ring is 1. The van der Waals surface area contributed by atoms with E-state index in [0.29, 0.717) is 22.8 Å². The van der Waals surface area contributed by atoms with E-state index in [2.05, 4.69) is 11.4 Å². The highest BCUT2D eigenvalue weighted by molar-refractivity contribution is 6.34. The first-order chi connectivity index (χ1) is 8.93. The highest BCUT2D eigenvalue weighted by atomic mass is 35.5. The number of nitrogens with zero attached hydrogens (tertiary/aromatic N) is 2. The average Bonchev–Trinajstić information content (AvgIpc) is 2.33. The Kier molecular flexibility index (Phi) is 5.61. The maximum absolute atomic E-state index is 11.8. The molecule has 0 aliphatic heterocycles. The second kappa shape index (κ2) is 6.98. The van der Waals surface area contributed by atoms with Gasteiger partial charge >= 0.3 is 0 Å². The summed E-state index contributed by atoms with van der Waals surface area (Å²) in [5, 5.41) is 11.7. The van der Waals surface area contributed by atoms with E-state index in [1.165, 1.54) is 0 Å². The second-order valence-electron chi connectivity index (χ2n) is 4.41. The average molecular weight is 281 g/mol. The number of anilines is 2. The Labute approximate surface area is 117 Å². The molecular weight excluding hydrogens is 264 g/mol. The first-order valence-electron chi connectivity index (χ1n) is 5.86. The minimum Gasteiger partial charge on any atom is -0.399 e. The monoisotopic (exact) mass is 280 g/mol. The third-order valence-electron chi connectivity index (χ3n) is 2.80. The van der Waals surface area contributed by atoms with E-state index >= 15 is 0 Å². The van der Waals surface area contributed by atoms with Crippen molar-refractivity contribution < 1.29 is 4.79 Å². The number of benzene rings is 1. The summed E-state index contributed by atoms with van der Waals surface area (Å²) < 4.78 is 0. The predicted molar refractivity (Wildman–Crippen MR) is 76.8 cm³/mol. The number of hydrogen-bond donors (Lipinski definition) is 2. The molecule has 1 unspecified atom stereocenters. The fourth-order valence-corrected chi connectivity index (χ4v) is 1.73. The Morgan fingerprint density at radius 1 is 1.63 bits per heavy atom. The highest BCUT2D eigenvalue weighted by Gasteiger charge is 2.13. The Hall–Kier alpha value is -1.77. The van der Waals surface area contributed by atoms with E-state index in [1.807, 2.05) is 11.8 Å². The molecule has 0 bridgehead atoms. The topological polar surface area (TPSA) is 82.2 Å². The molecule has 0 aliphatic rings. The van der Waals surface area contributed by atoms with Gasteiger partial charge in [0.1, 0.15) is 0 Å². The van der Waals surface area contributed by atoms with E-state index in [0.717, 1.165) is 0 Å². The van der Waals surface area contributed by atoms with Gasteiger partial charge in [-0.05, 0) is 32.2 Å². The van der Waals surface area contributed by atoms with Crippen LogP contribution in [0.25, 0.3) is 0 Å². The number of carbonyl (C=O) groups is 1. The van der Waals surface area contributed by atoms with Gasteiger partial charge in [-0.15, -0.1) is 0 Å².